The number of carbonyl (C=O) groups is 1. The van der Waals surface area contributed by atoms with Gasteiger partial charge in [0, 0.05) is 0 Å². The van der Waals surface area contributed by atoms with Crippen LogP contribution in [0.1, 0.15) is 16.1 Å². The van der Waals surface area contributed by atoms with Crippen molar-refractivity contribution in [2.45, 2.75) is 0 Å². The van der Waals surface area contributed by atoms with Gasteiger partial charge in [0.05, 0.1) is 11.8 Å². The monoisotopic (exact) mass is 209 g/mol. The Morgan fingerprint density at radius 1 is 1.33 bits per heavy atom. The number of halogens is 2. The predicted octanol–water partition coefficient (Wildman–Crippen LogP) is 1.31. The topological polar surface area (TPSA) is 58.6 Å². The molecule has 1 aromatic heterocycles. The summed E-state index contributed by atoms with van der Waals surface area (Å²) >= 11 is 0. The Morgan fingerprint density at radius 2 is 2.13 bits per heavy atom. The first-order chi connectivity index (χ1) is 7.20. The molecule has 0 atom stereocenters. The summed E-state index contributed by atoms with van der Waals surface area (Å²) in [4.78, 5) is 11.6. The van der Waals surface area contributed by atoms with Crippen LogP contribution in [0.3, 0.4) is 0 Å². The smallest absolute Gasteiger partial charge is 0.217 e. The Balaban J connectivity index is 2.47. The van der Waals surface area contributed by atoms with Crippen LogP contribution < -0.4 is 0 Å². The van der Waals surface area contributed by atoms with E-state index in [4.69, 9.17) is 0 Å². The number of aromatic amines is 1. The third-order valence-corrected chi connectivity index (χ3v) is 1.84. The molecule has 76 valence electrons. The molecule has 15 heavy (non-hydrogen) atoms. The SMILES string of the molecule is O=C(c1cn[nH]n1)c1cccc(F)c1F. The lowest BCUT2D eigenvalue weighted by Gasteiger charge is -1.99. The van der Waals surface area contributed by atoms with Crippen LogP contribution in [0.2, 0.25) is 0 Å². The Labute approximate surface area is 82.9 Å². The molecule has 0 aliphatic carbocycles. The van der Waals surface area contributed by atoms with Gasteiger partial charge < -0.3 is 0 Å². The van der Waals surface area contributed by atoms with Gasteiger partial charge in [-0.25, -0.2) is 8.78 Å². The Hall–Kier alpha value is -2.11. The molecule has 0 amide bonds. The van der Waals surface area contributed by atoms with Crippen molar-refractivity contribution in [3.63, 3.8) is 0 Å². The van der Waals surface area contributed by atoms with E-state index in [1.165, 1.54) is 12.1 Å². The van der Waals surface area contributed by atoms with Crippen molar-refractivity contribution >= 4 is 5.78 Å². The van der Waals surface area contributed by atoms with E-state index in [0.717, 1.165) is 12.3 Å². The quantitative estimate of drug-likeness (QED) is 0.758. The number of rotatable bonds is 2. The van der Waals surface area contributed by atoms with Gasteiger partial charge in [0.1, 0.15) is 0 Å². The first-order valence-corrected chi connectivity index (χ1v) is 4.04. The summed E-state index contributed by atoms with van der Waals surface area (Å²) < 4.78 is 26.0. The summed E-state index contributed by atoms with van der Waals surface area (Å²) in [5.41, 5.74) is -0.414. The minimum Gasteiger partial charge on any atom is -0.287 e. The van der Waals surface area contributed by atoms with Gasteiger partial charge in [0.2, 0.25) is 5.78 Å². The summed E-state index contributed by atoms with van der Waals surface area (Å²) in [6.45, 7) is 0. The summed E-state index contributed by atoms with van der Waals surface area (Å²) in [5.74, 6) is -2.95. The molecule has 0 saturated heterocycles. The third-order valence-electron chi connectivity index (χ3n) is 1.84. The van der Waals surface area contributed by atoms with Crippen molar-refractivity contribution in [2.75, 3.05) is 0 Å². The zero-order chi connectivity index (χ0) is 10.8. The first-order valence-electron chi connectivity index (χ1n) is 4.04. The van der Waals surface area contributed by atoms with Gasteiger partial charge in [-0.3, -0.25) is 4.79 Å². The predicted molar refractivity (Wildman–Crippen MR) is 46.2 cm³/mol. The zero-order valence-corrected chi connectivity index (χ0v) is 7.37. The summed E-state index contributed by atoms with van der Waals surface area (Å²) in [6, 6.07) is 3.38. The molecule has 0 bridgehead atoms. The van der Waals surface area contributed by atoms with Crippen LogP contribution in [0.4, 0.5) is 8.78 Å². The van der Waals surface area contributed by atoms with Crippen LogP contribution in [0.5, 0.6) is 0 Å². The van der Waals surface area contributed by atoms with E-state index in [1.54, 1.807) is 0 Å². The molecule has 1 aromatic carbocycles. The number of nitrogens with zero attached hydrogens (tertiary/aromatic N) is 2. The van der Waals surface area contributed by atoms with E-state index in [9.17, 15) is 13.6 Å². The van der Waals surface area contributed by atoms with Crippen molar-refractivity contribution in [3.8, 4) is 0 Å². The largest absolute Gasteiger partial charge is 0.287 e. The van der Waals surface area contributed by atoms with E-state index in [1.807, 2.05) is 0 Å². The fourth-order valence-electron chi connectivity index (χ4n) is 1.13. The third kappa shape index (κ3) is 1.61. The Kier molecular flexibility index (Phi) is 2.24. The summed E-state index contributed by atoms with van der Waals surface area (Å²) in [7, 11) is 0. The van der Waals surface area contributed by atoms with Crippen molar-refractivity contribution in [1.82, 2.24) is 15.4 Å². The number of hydrogen-bond acceptors (Lipinski definition) is 3. The highest BCUT2D eigenvalue weighted by molar-refractivity contribution is 6.07. The lowest BCUT2D eigenvalue weighted by molar-refractivity contribution is 0.102. The summed E-state index contributed by atoms with van der Waals surface area (Å²) in [6.07, 6.45) is 1.15. The zero-order valence-electron chi connectivity index (χ0n) is 7.37. The molecule has 0 radical (unpaired) electrons. The molecule has 1 heterocycles. The van der Waals surface area contributed by atoms with Gasteiger partial charge in [-0.1, -0.05) is 6.07 Å². The average molecular weight is 209 g/mol. The molecule has 2 aromatic rings. The molecule has 2 rings (SSSR count). The normalized spacial score (nSPS) is 10.3. The molecule has 4 nitrogen and oxygen atoms in total. The van der Waals surface area contributed by atoms with Crippen molar-refractivity contribution < 1.29 is 13.6 Å². The van der Waals surface area contributed by atoms with E-state index in [-0.39, 0.29) is 11.3 Å². The van der Waals surface area contributed by atoms with Gasteiger partial charge in [-0.15, -0.1) is 0 Å². The molecular weight excluding hydrogens is 204 g/mol. The van der Waals surface area contributed by atoms with Crippen LogP contribution in [-0.2, 0) is 0 Å². The number of benzene rings is 1. The molecule has 0 unspecified atom stereocenters. The molecule has 0 aliphatic rings. The Bertz CT molecular complexity index is 496. The van der Waals surface area contributed by atoms with Gasteiger partial charge in [0.15, 0.2) is 17.3 Å². The highest BCUT2D eigenvalue weighted by Crippen LogP contribution is 2.14. The highest BCUT2D eigenvalue weighted by Gasteiger charge is 2.18. The van der Waals surface area contributed by atoms with Gasteiger partial charge in [-0.2, -0.15) is 15.4 Å². The van der Waals surface area contributed by atoms with Crippen LogP contribution in [0, 0.1) is 11.6 Å². The minimum absolute atomic E-state index is 0.0560. The minimum atomic E-state index is -1.18. The number of carbonyl (C=O) groups excluding carboxylic acids is 1. The maximum atomic E-state index is 13.2. The fraction of sp³-hybridized carbons (Fsp3) is 0. The maximum Gasteiger partial charge on any atom is 0.217 e. The second-order valence-corrected chi connectivity index (χ2v) is 2.79. The standard InChI is InChI=1S/C9H5F2N3O/c10-6-3-1-2-5(8(6)11)9(15)7-4-12-14-13-7/h1-4H,(H,12,13,14). The number of hydrogen-bond donors (Lipinski definition) is 1. The molecule has 0 aliphatic heterocycles. The van der Waals surface area contributed by atoms with E-state index >= 15 is 0 Å². The highest BCUT2D eigenvalue weighted by atomic mass is 19.2. The number of H-pyrrole nitrogens is 1. The number of aromatic nitrogens is 3. The van der Waals surface area contributed by atoms with Crippen LogP contribution in [0.25, 0.3) is 0 Å². The van der Waals surface area contributed by atoms with E-state index < -0.39 is 17.4 Å². The van der Waals surface area contributed by atoms with Gasteiger partial charge in [-0.05, 0) is 12.1 Å². The number of nitrogens with one attached hydrogen (secondary N) is 1. The van der Waals surface area contributed by atoms with Crippen molar-refractivity contribution in [2.24, 2.45) is 0 Å². The maximum absolute atomic E-state index is 13.2. The summed E-state index contributed by atoms with van der Waals surface area (Å²) in [5, 5.41) is 9.11. The van der Waals surface area contributed by atoms with E-state index in [0.29, 0.717) is 0 Å². The molecule has 0 spiro atoms. The molecule has 6 heteroatoms. The molecule has 0 saturated carbocycles. The molecule has 0 fully saturated rings. The van der Waals surface area contributed by atoms with Crippen molar-refractivity contribution in [1.29, 1.82) is 0 Å². The van der Waals surface area contributed by atoms with Crippen LogP contribution >= 0.6 is 0 Å². The van der Waals surface area contributed by atoms with E-state index in [2.05, 4.69) is 15.4 Å². The lowest BCUT2D eigenvalue weighted by Crippen LogP contribution is -2.06. The second-order valence-electron chi connectivity index (χ2n) is 2.79. The fourth-order valence-corrected chi connectivity index (χ4v) is 1.13. The van der Waals surface area contributed by atoms with Gasteiger partial charge in [0.25, 0.3) is 0 Å². The molecular formula is C9H5F2N3O. The molecule has 1 N–H and O–H groups in total. The second kappa shape index (κ2) is 3.56. The number of ketones is 1. The first kappa shape index (κ1) is 9.45. The average Bonchev–Trinajstić information content (AvgIpc) is 2.74. The Morgan fingerprint density at radius 3 is 2.80 bits per heavy atom. The van der Waals surface area contributed by atoms with Crippen molar-refractivity contribution in [3.05, 3.63) is 47.3 Å². The van der Waals surface area contributed by atoms with Crippen LogP contribution in [-0.4, -0.2) is 21.2 Å². The van der Waals surface area contributed by atoms with Crippen LogP contribution in [0.15, 0.2) is 24.4 Å². The van der Waals surface area contributed by atoms with Gasteiger partial charge >= 0.3 is 0 Å². The lowest BCUT2D eigenvalue weighted by atomic mass is 10.1.